The topological polar surface area (TPSA) is 66.8 Å². The lowest BCUT2D eigenvalue weighted by molar-refractivity contribution is -0.141. The van der Waals surface area contributed by atoms with E-state index in [0.29, 0.717) is 11.3 Å². The summed E-state index contributed by atoms with van der Waals surface area (Å²) in [5.74, 6) is -0.773. The second-order valence-corrected chi connectivity index (χ2v) is 8.80. The molecular formula is C23H25NO4S. The number of aryl methyl sites for hydroxylation is 2. The van der Waals surface area contributed by atoms with Gasteiger partial charge in [-0.15, -0.1) is 11.3 Å². The molecule has 1 aliphatic carbocycles. The number of ketones is 1. The van der Waals surface area contributed by atoms with Crippen molar-refractivity contribution in [2.45, 2.75) is 51.6 Å². The van der Waals surface area contributed by atoms with Crippen molar-refractivity contribution >= 4 is 28.8 Å². The van der Waals surface area contributed by atoms with Crippen LogP contribution >= 0.6 is 11.3 Å². The molecule has 1 saturated heterocycles. The zero-order valence-corrected chi connectivity index (χ0v) is 17.7. The molecule has 1 aliphatic heterocycles. The van der Waals surface area contributed by atoms with E-state index < -0.39 is 17.7 Å². The number of amides is 1. The summed E-state index contributed by atoms with van der Waals surface area (Å²) >= 11 is 1.50. The molecule has 0 radical (unpaired) electrons. The second kappa shape index (κ2) is 7.67. The number of methoxy groups -OCH3 is 1. The summed E-state index contributed by atoms with van der Waals surface area (Å²) in [7, 11) is 1.54. The summed E-state index contributed by atoms with van der Waals surface area (Å²) in [5, 5.41) is 13.2. The van der Waals surface area contributed by atoms with Crippen molar-refractivity contribution in [2.24, 2.45) is 0 Å². The van der Waals surface area contributed by atoms with Crippen LogP contribution in [0.3, 0.4) is 0 Å². The van der Waals surface area contributed by atoms with E-state index in [0.717, 1.165) is 41.7 Å². The molecule has 6 heteroatoms. The number of hydrogen-bond acceptors (Lipinski definition) is 5. The molecule has 5 nitrogen and oxygen atoms in total. The quantitative estimate of drug-likeness (QED) is 0.448. The summed E-state index contributed by atoms with van der Waals surface area (Å²) in [6.07, 6.45) is 3.88. The maximum absolute atomic E-state index is 13.1. The predicted molar refractivity (Wildman–Crippen MR) is 113 cm³/mol. The molecule has 0 spiro atoms. The Balaban J connectivity index is 1.93. The van der Waals surface area contributed by atoms with Gasteiger partial charge in [-0.3, -0.25) is 9.59 Å². The maximum atomic E-state index is 13.1. The standard InChI is InChI=1S/C23H25NO4S/c1-13-11-14(2)22(28-3)16(12-13)20(25)18-19(17-9-6-10-29-17)24(23(27)21(18)26)15-7-4-5-8-15/h6,9-12,15,19,25H,4-5,7-8H2,1-3H3/b20-18-. The van der Waals surface area contributed by atoms with Crippen molar-refractivity contribution in [1.82, 2.24) is 4.90 Å². The number of hydrogen-bond donors (Lipinski definition) is 1. The monoisotopic (exact) mass is 411 g/mol. The van der Waals surface area contributed by atoms with Crippen molar-refractivity contribution in [2.75, 3.05) is 7.11 Å². The first kappa shape index (κ1) is 19.7. The van der Waals surface area contributed by atoms with Crippen molar-refractivity contribution in [3.05, 3.63) is 56.8 Å². The number of ether oxygens (including phenoxy) is 1. The van der Waals surface area contributed by atoms with E-state index >= 15 is 0 Å². The van der Waals surface area contributed by atoms with Crippen LogP contribution in [0.15, 0.2) is 35.2 Å². The number of Topliss-reactive ketones (excluding diaryl/α,β-unsaturated/α-hetero) is 1. The Morgan fingerprint density at radius 2 is 1.93 bits per heavy atom. The van der Waals surface area contributed by atoms with Gasteiger partial charge in [0.2, 0.25) is 0 Å². The average Bonchev–Trinajstić information content (AvgIpc) is 3.43. The number of likely N-dealkylation sites (tertiary alicyclic amines) is 1. The van der Waals surface area contributed by atoms with Crippen LogP contribution in [0.25, 0.3) is 5.76 Å². The van der Waals surface area contributed by atoms with Gasteiger partial charge in [0.05, 0.1) is 24.3 Å². The van der Waals surface area contributed by atoms with Crippen LogP contribution in [0.2, 0.25) is 0 Å². The molecule has 29 heavy (non-hydrogen) atoms. The van der Waals surface area contributed by atoms with Crippen LogP contribution in [0, 0.1) is 13.8 Å². The molecule has 1 aromatic carbocycles. The van der Waals surface area contributed by atoms with Crippen LogP contribution in [0.5, 0.6) is 5.75 Å². The molecule has 1 saturated carbocycles. The van der Waals surface area contributed by atoms with Crippen LogP contribution in [-0.2, 0) is 9.59 Å². The molecule has 152 valence electrons. The minimum absolute atomic E-state index is 0.0324. The maximum Gasteiger partial charge on any atom is 0.295 e. The van der Waals surface area contributed by atoms with Gasteiger partial charge in [0.25, 0.3) is 11.7 Å². The van der Waals surface area contributed by atoms with E-state index in [4.69, 9.17) is 4.74 Å². The Labute approximate surface area is 174 Å². The Morgan fingerprint density at radius 3 is 2.55 bits per heavy atom. The number of nitrogens with zero attached hydrogens (tertiary/aromatic N) is 1. The van der Waals surface area contributed by atoms with Crippen molar-refractivity contribution in [3.8, 4) is 5.75 Å². The first-order valence-electron chi connectivity index (χ1n) is 9.93. The number of aliphatic hydroxyl groups is 1. The smallest absolute Gasteiger partial charge is 0.295 e. The summed E-state index contributed by atoms with van der Waals surface area (Å²) < 4.78 is 5.53. The number of carbonyl (C=O) groups is 2. The molecule has 2 fully saturated rings. The van der Waals surface area contributed by atoms with Crippen LogP contribution < -0.4 is 4.74 Å². The lowest BCUT2D eigenvalue weighted by atomic mass is 9.96. The molecular weight excluding hydrogens is 386 g/mol. The number of thiophene rings is 1. The van der Waals surface area contributed by atoms with Gasteiger partial charge in [-0.05, 0) is 55.3 Å². The number of carbonyl (C=O) groups excluding carboxylic acids is 2. The van der Waals surface area contributed by atoms with Gasteiger partial charge in [0, 0.05) is 10.9 Å². The molecule has 1 unspecified atom stereocenters. The summed E-state index contributed by atoms with van der Waals surface area (Å²) in [5.41, 5.74) is 2.43. The number of rotatable bonds is 4. The van der Waals surface area contributed by atoms with Crippen molar-refractivity contribution < 1.29 is 19.4 Å². The summed E-state index contributed by atoms with van der Waals surface area (Å²) in [4.78, 5) is 28.8. The fourth-order valence-electron chi connectivity index (χ4n) is 4.68. The van der Waals surface area contributed by atoms with E-state index in [1.54, 1.807) is 18.1 Å². The molecule has 4 rings (SSSR count). The molecule has 2 aromatic rings. The Bertz CT molecular complexity index is 987. The highest BCUT2D eigenvalue weighted by molar-refractivity contribution is 7.10. The first-order valence-corrected chi connectivity index (χ1v) is 10.8. The van der Waals surface area contributed by atoms with Gasteiger partial charge < -0.3 is 14.7 Å². The van der Waals surface area contributed by atoms with Crippen molar-refractivity contribution in [1.29, 1.82) is 0 Å². The highest BCUT2D eigenvalue weighted by Crippen LogP contribution is 2.45. The number of aliphatic hydroxyl groups excluding tert-OH is 1. The molecule has 1 aromatic heterocycles. The zero-order chi connectivity index (χ0) is 20.7. The van der Waals surface area contributed by atoms with E-state index in [2.05, 4.69) is 0 Å². The average molecular weight is 412 g/mol. The fraction of sp³-hybridized carbons (Fsp3) is 0.391. The second-order valence-electron chi connectivity index (χ2n) is 7.82. The SMILES string of the molecule is COc1c(C)cc(C)cc1/C(O)=C1/C(=O)C(=O)N(C2CCCC2)C1c1cccs1. The van der Waals surface area contributed by atoms with Gasteiger partial charge in [-0.25, -0.2) is 0 Å². The third-order valence-corrected chi connectivity index (χ3v) is 6.81. The van der Waals surface area contributed by atoms with E-state index in [-0.39, 0.29) is 17.4 Å². The van der Waals surface area contributed by atoms with Crippen LogP contribution in [-0.4, -0.2) is 34.8 Å². The molecule has 1 amide bonds. The highest BCUT2D eigenvalue weighted by atomic mass is 32.1. The van der Waals surface area contributed by atoms with Gasteiger partial charge >= 0.3 is 0 Å². The van der Waals surface area contributed by atoms with Gasteiger partial charge in [0.1, 0.15) is 11.5 Å². The van der Waals surface area contributed by atoms with Gasteiger partial charge in [0.15, 0.2) is 0 Å². The Morgan fingerprint density at radius 1 is 1.21 bits per heavy atom. The van der Waals surface area contributed by atoms with E-state index in [1.165, 1.54) is 11.3 Å². The minimum atomic E-state index is -0.617. The van der Waals surface area contributed by atoms with Crippen LogP contribution in [0.1, 0.15) is 53.3 Å². The lowest BCUT2D eigenvalue weighted by Gasteiger charge is -2.29. The van der Waals surface area contributed by atoms with E-state index in [9.17, 15) is 14.7 Å². The fourth-order valence-corrected chi connectivity index (χ4v) is 5.51. The predicted octanol–water partition coefficient (Wildman–Crippen LogP) is 4.74. The third-order valence-electron chi connectivity index (χ3n) is 5.89. The normalized spacial score (nSPS) is 21.9. The third kappa shape index (κ3) is 3.25. The van der Waals surface area contributed by atoms with E-state index in [1.807, 2.05) is 37.4 Å². The van der Waals surface area contributed by atoms with Gasteiger partial charge in [-0.1, -0.05) is 25.0 Å². The zero-order valence-electron chi connectivity index (χ0n) is 16.9. The Hall–Kier alpha value is -2.60. The number of benzene rings is 1. The Kier molecular flexibility index (Phi) is 5.21. The molecule has 2 heterocycles. The minimum Gasteiger partial charge on any atom is -0.507 e. The molecule has 2 aliphatic rings. The summed E-state index contributed by atoms with van der Waals surface area (Å²) in [6, 6.07) is 7.08. The van der Waals surface area contributed by atoms with Crippen molar-refractivity contribution in [3.63, 3.8) is 0 Å². The largest absolute Gasteiger partial charge is 0.507 e. The van der Waals surface area contributed by atoms with Gasteiger partial charge in [-0.2, -0.15) is 0 Å². The van der Waals surface area contributed by atoms with Crippen LogP contribution in [0.4, 0.5) is 0 Å². The molecule has 1 atom stereocenters. The first-order chi connectivity index (χ1) is 13.9. The highest BCUT2D eigenvalue weighted by Gasteiger charge is 2.49. The lowest BCUT2D eigenvalue weighted by Crippen LogP contribution is -2.37. The molecule has 1 N–H and O–H groups in total. The summed E-state index contributed by atoms with van der Waals surface area (Å²) in [6.45, 7) is 3.83. The molecule has 0 bridgehead atoms.